The van der Waals surface area contributed by atoms with Gasteiger partial charge in [-0.3, -0.25) is 4.98 Å². The second kappa shape index (κ2) is 16.4. The van der Waals surface area contributed by atoms with Gasteiger partial charge in [0, 0.05) is 26.3 Å². The third kappa shape index (κ3) is 9.42. The quantitative estimate of drug-likeness (QED) is 0.121. The molecular formula is C41H46IrN2Si-2. The van der Waals surface area contributed by atoms with Crippen LogP contribution < -0.4 is 5.19 Å². The molecule has 0 aliphatic heterocycles. The Morgan fingerprint density at radius 3 is 1.96 bits per heavy atom. The van der Waals surface area contributed by atoms with E-state index >= 15 is 0 Å². The zero-order valence-corrected chi connectivity index (χ0v) is 30.8. The average Bonchev–Trinajstić information content (AvgIpc) is 3.06. The van der Waals surface area contributed by atoms with Crippen LogP contribution in [0, 0.1) is 18.1 Å². The van der Waals surface area contributed by atoms with Crippen molar-refractivity contribution < 1.29 is 20.1 Å². The number of pyridine rings is 2. The first-order valence-electron chi connectivity index (χ1n) is 16.3. The van der Waals surface area contributed by atoms with Crippen LogP contribution in [0.15, 0.2) is 103 Å². The SMILES string of the molecule is CC(C)c1ccc(-c2[c-]cccc2)nc1-c1ccccc1.C[Si](C)(C)c1cnc(-c2[c-]cccc2)cc1CC1CCCCC1.[Ir]. The molecule has 0 bridgehead atoms. The normalized spacial score (nSPS) is 13.5. The van der Waals surface area contributed by atoms with E-state index in [-0.39, 0.29) is 20.1 Å². The van der Waals surface area contributed by atoms with Crippen LogP contribution >= 0.6 is 0 Å². The van der Waals surface area contributed by atoms with E-state index in [4.69, 9.17) is 9.97 Å². The molecule has 2 heterocycles. The number of hydrogen-bond donors (Lipinski definition) is 0. The summed E-state index contributed by atoms with van der Waals surface area (Å²) in [7, 11) is -1.36. The smallest absolute Gasteiger partial charge is 0.0798 e. The van der Waals surface area contributed by atoms with Crippen molar-refractivity contribution in [2.75, 3.05) is 0 Å². The number of aromatic nitrogens is 2. The van der Waals surface area contributed by atoms with Gasteiger partial charge >= 0.3 is 0 Å². The number of nitrogens with zero attached hydrogens (tertiary/aromatic N) is 2. The summed E-state index contributed by atoms with van der Waals surface area (Å²) in [6, 6.07) is 39.7. The fourth-order valence-corrected chi connectivity index (χ4v) is 7.80. The van der Waals surface area contributed by atoms with Gasteiger partial charge in [-0.1, -0.05) is 120 Å². The van der Waals surface area contributed by atoms with Crippen molar-refractivity contribution in [2.45, 2.75) is 77.9 Å². The number of hydrogen-bond acceptors (Lipinski definition) is 2. The molecule has 0 N–H and O–H groups in total. The largest absolute Gasteiger partial charge is 0.305 e. The molecule has 1 aliphatic rings. The molecule has 45 heavy (non-hydrogen) atoms. The van der Waals surface area contributed by atoms with E-state index in [9.17, 15) is 0 Å². The van der Waals surface area contributed by atoms with Gasteiger partial charge < -0.3 is 4.98 Å². The Morgan fingerprint density at radius 2 is 1.38 bits per heavy atom. The Balaban J connectivity index is 0.000000201. The maximum absolute atomic E-state index is 4.90. The molecule has 0 atom stereocenters. The van der Waals surface area contributed by atoms with Gasteiger partial charge in [-0.25, -0.2) is 0 Å². The molecule has 4 heteroatoms. The van der Waals surface area contributed by atoms with Gasteiger partial charge in [-0.05, 0) is 46.0 Å². The summed E-state index contributed by atoms with van der Waals surface area (Å²) < 4.78 is 0. The Bertz CT molecular complexity index is 1610. The minimum absolute atomic E-state index is 0. The van der Waals surface area contributed by atoms with Crippen LogP contribution in [0.25, 0.3) is 33.8 Å². The first kappa shape index (κ1) is 34.7. The predicted octanol–water partition coefficient (Wildman–Crippen LogP) is 10.6. The molecule has 1 fully saturated rings. The summed E-state index contributed by atoms with van der Waals surface area (Å²) in [6.45, 7) is 11.7. The predicted molar refractivity (Wildman–Crippen MR) is 190 cm³/mol. The van der Waals surface area contributed by atoms with Crippen molar-refractivity contribution in [3.05, 3.63) is 127 Å². The molecule has 0 unspecified atom stereocenters. The molecular weight excluding hydrogens is 741 g/mol. The molecule has 3 aromatic carbocycles. The summed E-state index contributed by atoms with van der Waals surface area (Å²) in [4.78, 5) is 9.68. The summed E-state index contributed by atoms with van der Waals surface area (Å²) in [5.41, 5.74) is 9.26. The van der Waals surface area contributed by atoms with Crippen molar-refractivity contribution in [1.82, 2.24) is 9.97 Å². The zero-order valence-electron chi connectivity index (χ0n) is 27.4. The van der Waals surface area contributed by atoms with Crippen LogP contribution in [0.1, 0.15) is 63.0 Å². The molecule has 0 saturated heterocycles. The molecule has 0 spiro atoms. The Labute approximate surface area is 286 Å². The fraction of sp³-hybridized carbons (Fsp3) is 0.317. The van der Waals surface area contributed by atoms with Crippen molar-refractivity contribution in [3.63, 3.8) is 0 Å². The van der Waals surface area contributed by atoms with E-state index in [1.165, 1.54) is 49.7 Å². The van der Waals surface area contributed by atoms with E-state index in [2.05, 4.69) is 106 Å². The monoisotopic (exact) mass is 787 g/mol. The Hall–Kier alpha value is -3.17. The summed E-state index contributed by atoms with van der Waals surface area (Å²) >= 11 is 0. The molecule has 5 aromatic rings. The van der Waals surface area contributed by atoms with Crippen molar-refractivity contribution in [3.8, 4) is 33.8 Å². The molecule has 1 aliphatic carbocycles. The zero-order chi connectivity index (χ0) is 30.9. The Morgan fingerprint density at radius 1 is 0.756 bits per heavy atom. The van der Waals surface area contributed by atoms with Crippen LogP contribution in [-0.4, -0.2) is 18.0 Å². The first-order chi connectivity index (χ1) is 21.3. The van der Waals surface area contributed by atoms with Crippen LogP contribution in [0.5, 0.6) is 0 Å². The van der Waals surface area contributed by atoms with E-state index in [0.717, 1.165) is 34.1 Å². The van der Waals surface area contributed by atoms with Crippen molar-refractivity contribution >= 4 is 13.3 Å². The molecule has 235 valence electrons. The maximum Gasteiger partial charge on any atom is 0.0798 e. The maximum atomic E-state index is 4.90. The van der Waals surface area contributed by atoms with Crippen LogP contribution in [0.2, 0.25) is 19.6 Å². The molecule has 1 radical (unpaired) electrons. The van der Waals surface area contributed by atoms with Crippen LogP contribution in [-0.2, 0) is 26.5 Å². The second-order valence-electron chi connectivity index (χ2n) is 13.4. The van der Waals surface area contributed by atoms with Gasteiger partial charge in [0.2, 0.25) is 0 Å². The standard InChI is InChI=1S/C21H28NSi.C20H18N.Ir/c1-23(2,3)21-16-22-20(18-12-8-5-9-13-18)15-19(21)14-17-10-6-4-7-11-17;1-15(2)18-13-14-19(16-9-5-3-6-10-16)21-20(18)17-11-7-4-8-12-17;/h5,8-9,12,15-17H,4,6-7,10-11,14H2,1-3H3;3-9,11-15H,1-2H3;/q2*-1;. The minimum Gasteiger partial charge on any atom is -0.305 e. The van der Waals surface area contributed by atoms with Gasteiger partial charge in [0.25, 0.3) is 0 Å². The number of benzene rings is 3. The summed E-state index contributed by atoms with van der Waals surface area (Å²) in [5.74, 6) is 1.32. The van der Waals surface area contributed by atoms with E-state index in [1.54, 1.807) is 10.8 Å². The first-order valence-corrected chi connectivity index (χ1v) is 19.8. The summed E-state index contributed by atoms with van der Waals surface area (Å²) in [6.07, 6.45) is 10.5. The van der Waals surface area contributed by atoms with Gasteiger partial charge in [-0.15, -0.1) is 71.8 Å². The van der Waals surface area contributed by atoms with Crippen molar-refractivity contribution in [1.29, 1.82) is 0 Å². The molecule has 2 nitrogen and oxygen atoms in total. The van der Waals surface area contributed by atoms with Crippen LogP contribution in [0.3, 0.4) is 0 Å². The molecule has 1 saturated carbocycles. The molecule has 0 amide bonds. The molecule has 6 rings (SSSR count). The summed E-state index contributed by atoms with van der Waals surface area (Å²) in [5, 5.41) is 1.54. The van der Waals surface area contributed by atoms with Gasteiger partial charge in [-0.2, -0.15) is 0 Å². The number of rotatable bonds is 7. The van der Waals surface area contributed by atoms with Gasteiger partial charge in [0.15, 0.2) is 0 Å². The average molecular weight is 787 g/mol. The fourth-order valence-electron chi connectivity index (χ4n) is 6.21. The second-order valence-corrected chi connectivity index (χ2v) is 18.4. The third-order valence-electron chi connectivity index (χ3n) is 8.60. The third-order valence-corrected chi connectivity index (χ3v) is 10.7. The van der Waals surface area contributed by atoms with Crippen LogP contribution in [0.4, 0.5) is 0 Å². The van der Waals surface area contributed by atoms with E-state index < -0.39 is 8.07 Å². The van der Waals surface area contributed by atoms with E-state index in [0.29, 0.717) is 5.92 Å². The minimum atomic E-state index is -1.36. The van der Waals surface area contributed by atoms with Gasteiger partial charge in [0.1, 0.15) is 0 Å². The van der Waals surface area contributed by atoms with Gasteiger partial charge in [0.05, 0.1) is 13.8 Å². The molecule has 2 aromatic heterocycles. The Kier molecular flexibility index (Phi) is 12.6. The topological polar surface area (TPSA) is 25.8 Å². The van der Waals surface area contributed by atoms with E-state index in [1.807, 2.05) is 42.5 Å². The van der Waals surface area contributed by atoms with Crippen molar-refractivity contribution in [2.24, 2.45) is 5.92 Å².